The number of aromatic nitrogens is 3. The van der Waals surface area contributed by atoms with Gasteiger partial charge in [-0.2, -0.15) is 18.3 Å². The fourth-order valence-corrected chi connectivity index (χ4v) is 4.38. The molecular weight excluding hydrogens is 435 g/mol. The van der Waals surface area contributed by atoms with Crippen LogP contribution in [0.25, 0.3) is 0 Å². The van der Waals surface area contributed by atoms with E-state index in [4.69, 9.17) is 5.14 Å². The average Bonchev–Trinajstić information content (AvgIpc) is 3.22. The van der Waals surface area contributed by atoms with E-state index in [1.54, 1.807) is 0 Å². The highest BCUT2D eigenvalue weighted by Gasteiger charge is 2.38. The molecule has 1 atom stereocenters. The van der Waals surface area contributed by atoms with Crippen LogP contribution >= 0.6 is 0 Å². The molecule has 2 heterocycles. The number of alkyl halides is 5. The zero-order valence-electron chi connectivity index (χ0n) is 15.8. The summed E-state index contributed by atoms with van der Waals surface area (Å²) in [5, 5.41) is 10.8. The molecule has 0 spiro atoms. The van der Waals surface area contributed by atoms with Gasteiger partial charge in [-0.05, 0) is 31.7 Å². The summed E-state index contributed by atoms with van der Waals surface area (Å²) in [5.41, 5.74) is -1.63. The van der Waals surface area contributed by atoms with Crippen molar-refractivity contribution in [2.45, 2.75) is 43.8 Å². The zero-order valence-corrected chi connectivity index (χ0v) is 16.6. The molecule has 8 nitrogen and oxygen atoms in total. The Balaban J connectivity index is 2.01. The minimum atomic E-state index is -4.74. The van der Waals surface area contributed by atoms with Gasteiger partial charge in [0.15, 0.2) is 9.92 Å². The van der Waals surface area contributed by atoms with Crippen molar-refractivity contribution in [2.75, 3.05) is 5.32 Å². The van der Waals surface area contributed by atoms with Crippen molar-refractivity contribution in [1.82, 2.24) is 14.8 Å². The van der Waals surface area contributed by atoms with Crippen molar-refractivity contribution in [3.63, 3.8) is 0 Å². The van der Waals surface area contributed by atoms with Crippen LogP contribution in [0, 0.1) is 6.92 Å². The molecule has 0 fully saturated rings. The van der Waals surface area contributed by atoms with Gasteiger partial charge in [0, 0.05) is 24.4 Å². The van der Waals surface area contributed by atoms with Crippen LogP contribution in [0.1, 0.15) is 41.1 Å². The molecule has 1 aliphatic rings. The number of nitrogens with one attached hydrogen (secondary N) is 1. The highest BCUT2D eigenvalue weighted by Crippen LogP contribution is 2.38. The van der Waals surface area contributed by atoms with E-state index in [9.17, 15) is 31.0 Å². The van der Waals surface area contributed by atoms with Gasteiger partial charge < -0.3 is 5.32 Å². The van der Waals surface area contributed by atoms with Crippen LogP contribution in [0.15, 0.2) is 15.5 Å². The van der Waals surface area contributed by atoms with E-state index in [1.807, 2.05) is 0 Å². The molecule has 0 radical (unpaired) electrons. The topological polar surface area (TPSA) is 115 Å². The number of nitrogens with two attached hydrogens (primary N) is 1. The van der Waals surface area contributed by atoms with Gasteiger partial charge in [0.2, 0.25) is 0 Å². The number of nitrogens with zero attached hydrogens (tertiary/aromatic N) is 4. The van der Waals surface area contributed by atoms with Crippen molar-refractivity contribution in [2.24, 2.45) is 16.5 Å². The highest BCUT2D eigenvalue weighted by atomic mass is 32.2. The summed E-state index contributed by atoms with van der Waals surface area (Å²) in [4.78, 5) is 16.0. The molecule has 3 rings (SSSR count). The van der Waals surface area contributed by atoms with Gasteiger partial charge in [-0.15, -0.1) is 4.36 Å². The molecule has 0 saturated heterocycles. The van der Waals surface area contributed by atoms with Gasteiger partial charge in [-0.1, -0.05) is 0 Å². The molecule has 164 valence electrons. The summed E-state index contributed by atoms with van der Waals surface area (Å²) < 4.78 is 82.2. The van der Waals surface area contributed by atoms with Crippen LogP contribution < -0.4 is 10.5 Å². The number of carbonyl (C=O) groups excluding carboxylic acids is 1. The Morgan fingerprint density at radius 1 is 1.37 bits per heavy atom. The summed E-state index contributed by atoms with van der Waals surface area (Å²) >= 11 is 0. The number of hydrogen-bond acceptors (Lipinski definition) is 4. The van der Waals surface area contributed by atoms with E-state index in [0.29, 0.717) is 24.8 Å². The molecule has 30 heavy (non-hydrogen) atoms. The monoisotopic (exact) mass is 452 g/mol. The molecule has 2 aromatic heterocycles. The second-order valence-electron chi connectivity index (χ2n) is 6.66. The number of carbonyl (C=O) groups is 1. The lowest BCUT2D eigenvalue weighted by atomic mass is 10.1. The van der Waals surface area contributed by atoms with Crippen molar-refractivity contribution < 1.29 is 31.0 Å². The summed E-state index contributed by atoms with van der Waals surface area (Å²) in [6, 6.07) is -0.528. The lowest BCUT2D eigenvalue weighted by molar-refractivity contribution is -0.141. The van der Waals surface area contributed by atoms with E-state index in [2.05, 4.69) is 19.8 Å². The van der Waals surface area contributed by atoms with Crippen LogP contribution in [0.2, 0.25) is 0 Å². The van der Waals surface area contributed by atoms with E-state index < -0.39 is 45.0 Å². The van der Waals surface area contributed by atoms with Crippen LogP contribution in [0.5, 0.6) is 0 Å². The van der Waals surface area contributed by atoms with E-state index in [1.165, 1.54) is 7.05 Å². The van der Waals surface area contributed by atoms with Crippen molar-refractivity contribution >= 4 is 21.6 Å². The number of urea groups is 1. The summed E-state index contributed by atoms with van der Waals surface area (Å²) in [7, 11) is -2.81. The number of pyridine rings is 1. The maximum Gasteiger partial charge on any atom is 0.433 e. The molecule has 0 unspecified atom stereocenters. The third-order valence-electron chi connectivity index (χ3n) is 4.57. The third kappa shape index (κ3) is 4.14. The number of hydrogen-bond donors (Lipinski definition) is 2. The molecule has 0 saturated carbocycles. The first kappa shape index (κ1) is 22.1. The number of halogens is 5. The number of amides is 2. The fraction of sp³-hybridized carbons (Fsp3) is 0.438. The zero-order chi connectivity index (χ0) is 22.4. The maximum atomic E-state index is 13.3. The average molecular weight is 452 g/mol. The lowest BCUT2D eigenvalue weighted by Crippen LogP contribution is -2.22. The molecular formula is C16H17F5N6O2S. The number of fused-ring (bicyclic) bond motifs is 1. The second kappa shape index (κ2) is 7.58. The van der Waals surface area contributed by atoms with Gasteiger partial charge in [0.25, 0.3) is 6.43 Å². The Kier molecular flexibility index (Phi) is 5.58. The van der Waals surface area contributed by atoms with E-state index >= 15 is 0 Å². The molecule has 2 amide bonds. The van der Waals surface area contributed by atoms with Crippen LogP contribution in [0.3, 0.4) is 0 Å². The molecule has 14 heteroatoms. The van der Waals surface area contributed by atoms with E-state index in [0.717, 1.165) is 17.7 Å². The molecule has 3 N–H and O–H groups in total. The Morgan fingerprint density at radius 2 is 2.03 bits per heavy atom. The molecule has 1 aliphatic carbocycles. The molecule has 0 bridgehead atoms. The second-order valence-corrected chi connectivity index (χ2v) is 8.40. The van der Waals surface area contributed by atoms with Crippen molar-refractivity contribution in [3.05, 3.63) is 34.3 Å². The number of anilines is 1. The number of aryl methyl sites for hydroxylation is 2. The lowest BCUT2D eigenvalue weighted by Gasteiger charge is -2.17. The smallest absolute Gasteiger partial charge is 0.305 e. The van der Waals surface area contributed by atoms with Gasteiger partial charge in [-0.3, -0.25) is 4.68 Å². The Hall–Kier alpha value is -2.61. The molecule has 0 aromatic carbocycles. The summed E-state index contributed by atoms with van der Waals surface area (Å²) in [6.45, 7) is 1.15. The van der Waals surface area contributed by atoms with Gasteiger partial charge in [0.1, 0.15) is 16.4 Å². The predicted molar refractivity (Wildman–Crippen MR) is 96.2 cm³/mol. The quantitative estimate of drug-likeness (QED) is 0.694. The van der Waals surface area contributed by atoms with Crippen LogP contribution in [-0.4, -0.2) is 25.0 Å². The summed E-state index contributed by atoms with van der Waals surface area (Å²) in [5.74, 6) is 0. The Bertz CT molecular complexity index is 1130. The Labute approximate surface area is 168 Å². The minimum Gasteiger partial charge on any atom is -0.305 e. The molecule has 0 aliphatic heterocycles. The van der Waals surface area contributed by atoms with Crippen LogP contribution in [0.4, 0.5) is 32.4 Å². The predicted octanol–water partition coefficient (Wildman–Crippen LogP) is 3.50. The standard InChI is InChI=1S/C16H17F5N6O2S/c1-7-12(8-4-3-5-9(8)23-13(7)16(19,20)21)24-15(28)26-30(22,29)11-6-10(14(17)18)25-27(11)2/h6,14H,3-5H2,1-2H3,(H3,22,23,24,26,28,29)/t30-/m1/s1. The third-order valence-corrected chi connectivity index (χ3v) is 5.98. The SMILES string of the molecule is Cc1c(C(F)(F)F)nc2c(c1NC(=O)N=[S@@](N)(=O)c1cc(C(F)F)nn1C)CCC2. The van der Waals surface area contributed by atoms with Gasteiger partial charge in [-0.25, -0.2) is 27.9 Å². The fourth-order valence-electron chi connectivity index (χ4n) is 3.28. The normalized spacial score (nSPS) is 15.8. The van der Waals surface area contributed by atoms with E-state index in [-0.39, 0.29) is 16.9 Å². The first-order chi connectivity index (χ1) is 13.8. The van der Waals surface area contributed by atoms with Crippen LogP contribution in [-0.2, 0) is 36.0 Å². The Morgan fingerprint density at radius 3 is 2.60 bits per heavy atom. The summed E-state index contributed by atoms with van der Waals surface area (Å²) in [6.07, 6.45) is -6.43. The first-order valence-corrected chi connectivity index (χ1v) is 10.2. The largest absolute Gasteiger partial charge is 0.433 e. The maximum absolute atomic E-state index is 13.3. The van der Waals surface area contributed by atoms with Gasteiger partial charge in [0.05, 0.1) is 5.69 Å². The number of rotatable bonds is 3. The van der Waals surface area contributed by atoms with Crippen molar-refractivity contribution in [3.8, 4) is 0 Å². The van der Waals surface area contributed by atoms with Gasteiger partial charge >= 0.3 is 12.2 Å². The first-order valence-electron chi connectivity index (χ1n) is 8.58. The highest BCUT2D eigenvalue weighted by molar-refractivity contribution is 7.91. The molecule has 2 aromatic rings. The van der Waals surface area contributed by atoms with Crippen molar-refractivity contribution in [1.29, 1.82) is 0 Å². The minimum absolute atomic E-state index is 0.118.